The fourth-order valence-corrected chi connectivity index (χ4v) is 4.09. The summed E-state index contributed by atoms with van der Waals surface area (Å²) in [4.78, 5) is 0. The quantitative estimate of drug-likeness (QED) is 0.553. The summed E-state index contributed by atoms with van der Waals surface area (Å²) in [6.45, 7) is 3.05. The van der Waals surface area contributed by atoms with Crippen LogP contribution < -0.4 is 0 Å². The van der Waals surface area contributed by atoms with Gasteiger partial charge in [0.2, 0.25) is 0 Å². The number of ether oxygens (including phenoxy) is 1. The number of rotatable bonds is 7. The SMILES string of the molecule is CCC=COC[C@H]1CC[C@H](CC[C@H]2CC[C@H](C#N)CC2)CC1. The van der Waals surface area contributed by atoms with E-state index in [0.717, 1.165) is 43.6 Å². The van der Waals surface area contributed by atoms with Gasteiger partial charge in [-0.1, -0.05) is 38.7 Å². The van der Waals surface area contributed by atoms with Crippen molar-refractivity contribution in [1.82, 2.24) is 0 Å². The van der Waals surface area contributed by atoms with Gasteiger partial charge >= 0.3 is 0 Å². The molecular formula is C20H33NO. The molecule has 0 heterocycles. The maximum atomic E-state index is 8.96. The molecule has 22 heavy (non-hydrogen) atoms. The van der Waals surface area contributed by atoms with E-state index in [2.05, 4.69) is 19.1 Å². The Bertz CT molecular complexity index is 354. The molecule has 2 aliphatic rings. The Labute approximate surface area is 136 Å². The van der Waals surface area contributed by atoms with Crippen molar-refractivity contribution in [3.63, 3.8) is 0 Å². The first kappa shape index (κ1) is 17.4. The van der Waals surface area contributed by atoms with E-state index >= 15 is 0 Å². The van der Waals surface area contributed by atoms with Gasteiger partial charge in [-0.25, -0.2) is 0 Å². The van der Waals surface area contributed by atoms with E-state index in [1.807, 2.05) is 6.26 Å². The molecule has 0 spiro atoms. The highest BCUT2D eigenvalue weighted by Crippen LogP contribution is 2.36. The molecule has 2 rings (SSSR count). The minimum absolute atomic E-state index is 0.355. The Morgan fingerprint density at radius 3 is 2.00 bits per heavy atom. The molecule has 124 valence electrons. The van der Waals surface area contributed by atoms with Crippen LogP contribution in [0.15, 0.2) is 12.3 Å². The third-order valence-corrected chi connectivity index (χ3v) is 5.74. The van der Waals surface area contributed by atoms with E-state index in [9.17, 15) is 0 Å². The highest BCUT2D eigenvalue weighted by molar-refractivity contribution is 4.87. The summed E-state index contributed by atoms with van der Waals surface area (Å²) in [6, 6.07) is 2.44. The average molecular weight is 303 g/mol. The number of hydrogen-bond acceptors (Lipinski definition) is 2. The second-order valence-electron chi connectivity index (χ2n) is 7.42. The summed E-state index contributed by atoms with van der Waals surface area (Å²) >= 11 is 0. The number of nitrogens with zero attached hydrogens (tertiary/aromatic N) is 1. The summed E-state index contributed by atoms with van der Waals surface area (Å²) in [5.74, 6) is 3.00. The Hall–Kier alpha value is -0.970. The molecule has 0 N–H and O–H groups in total. The van der Waals surface area contributed by atoms with Crippen LogP contribution in [0.4, 0.5) is 0 Å². The topological polar surface area (TPSA) is 33.0 Å². The largest absolute Gasteiger partial charge is 0.501 e. The molecule has 0 unspecified atom stereocenters. The van der Waals surface area contributed by atoms with E-state index in [1.165, 1.54) is 51.4 Å². The molecule has 0 aliphatic heterocycles. The Kier molecular flexibility index (Phi) is 7.85. The van der Waals surface area contributed by atoms with Gasteiger partial charge in [0.1, 0.15) is 0 Å². The van der Waals surface area contributed by atoms with E-state index in [0.29, 0.717) is 5.92 Å². The van der Waals surface area contributed by atoms with Crippen molar-refractivity contribution in [2.75, 3.05) is 6.61 Å². The Balaban J connectivity index is 1.54. The molecule has 0 aromatic carbocycles. The second kappa shape index (κ2) is 9.93. The zero-order chi connectivity index (χ0) is 15.6. The molecular weight excluding hydrogens is 270 g/mol. The predicted octanol–water partition coefficient (Wildman–Crippen LogP) is 5.84. The highest BCUT2D eigenvalue weighted by Gasteiger charge is 2.24. The maximum Gasteiger partial charge on any atom is 0.0901 e. The summed E-state index contributed by atoms with van der Waals surface area (Å²) in [7, 11) is 0. The second-order valence-corrected chi connectivity index (χ2v) is 7.42. The lowest BCUT2D eigenvalue weighted by atomic mass is 9.76. The normalized spacial score (nSPS) is 32.7. The Morgan fingerprint density at radius 1 is 0.909 bits per heavy atom. The van der Waals surface area contributed by atoms with Crippen LogP contribution in [-0.4, -0.2) is 6.61 Å². The van der Waals surface area contributed by atoms with E-state index in [1.54, 1.807) is 0 Å². The monoisotopic (exact) mass is 303 g/mol. The third kappa shape index (κ3) is 6.03. The average Bonchev–Trinajstić information content (AvgIpc) is 2.58. The van der Waals surface area contributed by atoms with Crippen molar-refractivity contribution in [3.8, 4) is 6.07 Å². The summed E-state index contributed by atoms with van der Waals surface area (Å²) < 4.78 is 5.62. The van der Waals surface area contributed by atoms with Crippen LogP contribution in [-0.2, 0) is 4.74 Å². The van der Waals surface area contributed by atoms with E-state index in [-0.39, 0.29) is 0 Å². The molecule has 0 amide bonds. The highest BCUT2D eigenvalue weighted by atomic mass is 16.5. The van der Waals surface area contributed by atoms with Gasteiger partial charge in [0.15, 0.2) is 0 Å². The fraction of sp³-hybridized carbons (Fsp3) is 0.850. The van der Waals surface area contributed by atoms with Crippen LogP contribution in [0.2, 0.25) is 0 Å². The molecule has 0 saturated heterocycles. The van der Waals surface area contributed by atoms with Crippen molar-refractivity contribution in [2.24, 2.45) is 23.7 Å². The standard InChI is InChI=1S/C20H33NO/c1-2-3-14-22-16-20-12-8-18(9-13-20)5-4-17-6-10-19(15-21)11-7-17/h3,14,17-20H,2,4-13,16H2,1H3/t17-,18-,19-,20-. The first-order valence-corrected chi connectivity index (χ1v) is 9.48. The van der Waals surface area contributed by atoms with Crippen LogP contribution in [0.25, 0.3) is 0 Å². The van der Waals surface area contributed by atoms with Crippen LogP contribution in [0.1, 0.15) is 77.6 Å². The van der Waals surface area contributed by atoms with Crippen molar-refractivity contribution in [2.45, 2.75) is 77.6 Å². The maximum absolute atomic E-state index is 8.96. The molecule has 2 aliphatic carbocycles. The molecule has 2 fully saturated rings. The fourth-order valence-electron chi connectivity index (χ4n) is 4.09. The van der Waals surface area contributed by atoms with Gasteiger partial charge in [0, 0.05) is 5.92 Å². The van der Waals surface area contributed by atoms with Crippen molar-refractivity contribution in [1.29, 1.82) is 5.26 Å². The molecule has 0 atom stereocenters. The van der Waals surface area contributed by atoms with Gasteiger partial charge in [-0.3, -0.25) is 0 Å². The molecule has 2 heteroatoms. The van der Waals surface area contributed by atoms with E-state index < -0.39 is 0 Å². The van der Waals surface area contributed by atoms with Gasteiger partial charge in [-0.2, -0.15) is 5.26 Å². The van der Waals surface area contributed by atoms with Gasteiger partial charge in [-0.05, 0) is 62.7 Å². The lowest BCUT2D eigenvalue weighted by Crippen LogP contribution is -2.19. The molecule has 0 aromatic heterocycles. The molecule has 0 aromatic rings. The zero-order valence-electron chi connectivity index (χ0n) is 14.3. The lowest BCUT2D eigenvalue weighted by Gasteiger charge is -2.30. The zero-order valence-corrected chi connectivity index (χ0v) is 14.3. The molecule has 0 radical (unpaired) electrons. The van der Waals surface area contributed by atoms with Crippen molar-refractivity contribution >= 4 is 0 Å². The van der Waals surface area contributed by atoms with Crippen LogP contribution in [0.5, 0.6) is 0 Å². The number of allylic oxidation sites excluding steroid dienone is 1. The van der Waals surface area contributed by atoms with E-state index in [4.69, 9.17) is 10.00 Å². The molecule has 0 bridgehead atoms. The van der Waals surface area contributed by atoms with Gasteiger partial charge in [0.05, 0.1) is 18.9 Å². The van der Waals surface area contributed by atoms with Gasteiger partial charge < -0.3 is 4.74 Å². The lowest BCUT2D eigenvalue weighted by molar-refractivity contribution is 0.142. The van der Waals surface area contributed by atoms with Crippen molar-refractivity contribution in [3.05, 3.63) is 12.3 Å². The molecule has 2 nitrogen and oxygen atoms in total. The first-order valence-electron chi connectivity index (χ1n) is 9.48. The first-order chi connectivity index (χ1) is 10.8. The molecule has 2 saturated carbocycles. The minimum atomic E-state index is 0.355. The van der Waals surface area contributed by atoms with Crippen LogP contribution in [0.3, 0.4) is 0 Å². The van der Waals surface area contributed by atoms with Crippen LogP contribution in [0, 0.1) is 35.0 Å². The van der Waals surface area contributed by atoms with Crippen molar-refractivity contribution < 1.29 is 4.74 Å². The van der Waals surface area contributed by atoms with Crippen LogP contribution >= 0.6 is 0 Å². The van der Waals surface area contributed by atoms with Gasteiger partial charge in [0.25, 0.3) is 0 Å². The summed E-state index contributed by atoms with van der Waals surface area (Å²) in [5, 5.41) is 8.96. The number of nitriles is 1. The predicted molar refractivity (Wildman–Crippen MR) is 91.1 cm³/mol. The third-order valence-electron chi connectivity index (χ3n) is 5.74. The smallest absolute Gasteiger partial charge is 0.0901 e. The Morgan fingerprint density at radius 2 is 1.45 bits per heavy atom. The van der Waals surface area contributed by atoms with Gasteiger partial charge in [-0.15, -0.1) is 0 Å². The number of hydrogen-bond donors (Lipinski definition) is 0. The summed E-state index contributed by atoms with van der Waals surface area (Å²) in [6.07, 6.45) is 18.3. The minimum Gasteiger partial charge on any atom is -0.501 e. The summed E-state index contributed by atoms with van der Waals surface area (Å²) in [5.41, 5.74) is 0.